The summed E-state index contributed by atoms with van der Waals surface area (Å²) >= 11 is 3.26. The highest BCUT2D eigenvalue weighted by atomic mass is 79.9. The molecule has 18 heavy (non-hydrogen) atoms. The van der Waals surface area contributed by atoms with E-state index in [1.165, 1.54) is 0 Å². The van der Waals surface area contributed by atoms with Gasteiger partial charge in [0.2, 0.25) is 10.0 Å². The Morgan fingerprint density at radius 2 is 1.83 bits per heavy atom. The lowest BCUT2D eigenvalue weighted by Crippen LogP contribution is -2.20. The van der Waals surface area contributed by atoms with Crippen LogP contribution in [0.25, 0.3) is 0 Å². The first-order valence-corrected chi connectivity index (χ1v) is 8.22. The van der Waals surface area contributed by atoms with Crippen LogP contribution in [0.3, 0.4) is 0 Å². The number of hydrogen-bond acceptors (Lipinski definition) is 3. The maximum Gasteiger partial charge on any atom is 0.238 e. The van der Waals surface area contributed by atoms with Gasteiger partial charge in [-0.3, -0.25) is 0 Å². The molecule has 100 valence electrons. The maximum absolute atomic E-state index is 11.6. The summed E-state index contributed by atoms with van der Waals surface area (Å²) in [6.45, 7) is 0. The molecule has 0 heterocycles. The Bertz CT molecular complexity index is 536. The van der Waals surface area contributed by atoms with Gasteiger partial charge in [-0.05, 0) is 49.3 Å². The number of rotatable bonds is 2. The van der Waals surface area contributed by atoms with Crippen molar-refractivity contribution in [3.8, 4) is 0 Å². The molecule has 4 nitrogen and oxygen atoms in total. The van der Waals surface area contributed by atoms with Crippen molar-refractivity contribution in [3.63, 3.8) is 0 Å². The zero-order valence-corrected chi connectivity index (χ0v) is 12.2. The lowest BCUT2D eigenvalue weighted by Gasteiger charge is -2.27. The van der Waals surface area contributed by atoms with E-state index in [9.17, 15) is 13.5 Å². The molecular weight excluding hydrogens is 318 g/mol. The van der Waals surface area contributed by atoms with Crippen molar-refractivity contribution in [1.29, 1.82) is 0 Å². The minimum absolute atomic E-state index is 0.162. The van der Waals surface area contributed by atoms with Gasteiger partial charge in [0.1, 0.15) is 0 Å². The molecule has 0 aromatic heterocycles. The molecule has 1 aromatic rings. The number of hydrogen-bond donors (Lipinski definition) is 2. The van der Waals surface area contributed by atoms with Crippen molar-refractivity contribution in [2.75, 3.05) is 0 Å². The van der Waals surface area contributed by atoms with Crippen LogP contribution < -0.4 is 5.14 Å². The average Bonchev–Trinajstić information content (AvgIpc) is 2.29. The van der Waals surface area contributed by atoms with Crippen molar-refractivity contribution in [2.45, 2.75) is 42.6 Å². The summed E-state index contributed by atoms with van der Waals surface area (Å²) in [7, 11) is -3.71. The third kappa shape index (κ3) is 3.12. The predicted molar refractivity (Wildman–Crippen MR) is 72.7 cm³/mol. The van der Waals surface area contributed by atoms with Gasteiger partial charge >= 0.3 is 0 Å². The number of primary sulfonamides is 1. The molecule has 0 spiro atoms. The number of halogens is 1. The summed E-state index contributed by atoms with van der Waals surface area (Å²) < 4.78 is 23.9. The Morgan fingerprint density at radius 1 is 1.22 bits per heavy atom. The van der Waals surface area contributed by atoms with Crippen LogP contribution in [0.2, 0.25) is 0 Å². The number of benzene rings is 1. The predicted octanol–water partition coefficient (Wildman–Crippen LogP) is 2.12. The van der Waals surface area contributed by atoms with E-state index in [1.54, 1.807) is 6.07 Å². The van der Waals surface area contributed by atoms with Crippen LogP contribution in [0.15, 0.2) is 27.6 Å². The third-order valence-corrected chi connectivity index (χ3v) is 4.88. The third-order valence-electron chi connectivity index (χ3n) is 3.42. The summed E-state index contributed by atoms with van der Waals surface area (Å²) in [5.74, 6) is 0.162. The fourth-order valence-electron chi connectivity index (χ4n) is 2.48. The van der Waals surface area contributed by atoms with Gasteiger partial charge in [-0.15, -0.1) is 0 Å². The van der Waals surface area contributed by atoms with Crippen molar-refractivity contribution in [2.24, 2.45) is 5.14 Å². The van der Waals surface area contributed by atoms with Crippen LogP contribution in [0.5, 0.6) is 0 Å². The minimum atomic E-state index is -3.71. The summed E-state index contributed by atoms with van der Waals surface area (Å²) in [6, 6.07) is 5.19. The van der Waals surface area contributed by atoms with Crippen LogP contribution >= 0.6 is 15.9 Å². The van der Waals surface area contributed by atoms with Gasteiger partial charge in [0.05, 0.1) is 11.0 Å². The molecule has 1 aliphatic rings. The molecule has 0 radical (unpaired) electrons. The molecule has 2 rings (SSSR count). The molecule has 3 N–H and O–H groups in total. The van der Waals surface area contributed by atoms with E-state index in [2.05, 4.69) is 15.9 Å². The molecule has 1 fully saturated rings. The van der Waals surface area contributed by atoms with Crippen LogP contribution in [0, 0.1) is 0 Å². The lowest BCUT2D eigenvalue weighted by atomic mass is 9.83. The molecule has 1 aliphatic carbocycles. The SMILES string of the molecule is NS(=O)(=O)c1cc(Br)ccc1C1CCC(O)CC1. The number of aliphatic hydroxyl groups is 1. The first-order chi connectivity index (χ1) is 8.38. The highest BCUT2D eigenvalue weighted by Crippen LogP contribution is 2.36. The van der Waals surface area contributed by atoms with E-state index in [1.807, 2.05) is 12.1 Å². The molecule has 0 bridgehead atoms. The van der Waals surface area contributed by atoms with Gasteiger partial charge in [0.15, 0.2) is 0 Å². The quantitative estimate of drug-likeness (QED) is 0.869. The Morgan fingerprint density at radius 3 is 2.39 bits per heavy atom. The first-order valence-electron chi connectivity index (χ1n) is 5.88. The van der Waals surface area contributed by atoms with E-state index in [-0.39, 0.29) is 16.9 Å². The van der Waals surface area contributed by atoms with Gasteiger partial charge < -0.3 is 5.11 Å². The van der Waals surface area contributed by atoms with Gasteiger partial charge in [-0.1, -0.05) is 22.0 Å². The maximum atomic E-state index is 11.6. The van der Waals surface area contributed by atoms with Gasteiger partial charge in [-0.2, -0.15) is 0 Å². The molecular formula is C12H16BrNO3S. The standard InChI is InChI=1S/C12H16BrNO3S/c13-9-3-6-11(12(7-9)18(14,16)17)8-1-4-10(15)5-2-8/h3,6-8,10,15H,1-2,4-5H2,(H2,14,16,17). The lowest BCUT2D eigenvalue weighted by molar-refractivity contribution is 0.122. The number of nitrogens with two attached hydrogens (primary N) is 1. The summed E-state index contributed by atoms with van der Waals surface area (Å²) in [4.78, 5) is 0.193. The van der Waals surface area contributed by atoms with E-state index in [4.69, 9.17) is 5.14 Å². The molecule has 0 amide bonds. The second-order valence-electron chi connectivity index (χ2n) is 4.73. The summed E-state index contributed by atoms with van der Waals surface area (Å²) in [5, 5.41) is 14.8. The summed E-state index contributed by atoms with van der Waals surface area (Å²) in [5.41, 5.74) is 0.771. The summed E-state index contributed by atoms with van der Waals surface area (Å²) in [6.07, 6.45) is 2.77. The zero-order valence-electron chi connectivity index (χ0n) is 9.84. The molecule has 0 unspecified atom stereocenters. The second kappa shape index (κ2) is 5.28. The largest absolute Gasteiger partial charge is 0.393 e. The minimum Gasteiger partial charge on any atom is -0.393 e. The Balaban J connectivity index is 2.39. The fraction of sp³-hybridized carbons (Fsp3) is 0.500. The van der Waals surface area contributed by atoms with Crippen molar-refractivity contribution >= 4 is 26.0 Å². The van der Waals surface area contributed by atoms with Crippen molar-refractivity contribution < 1.29 is 13.5 Å². The van der Waals surface area contributed by atoms with Gasteiger partial charge in [0, 0.05) is 4.47 Å². The first kappa shape index (κ1) is 14.0. The molecule has 0 saturated heterocycles. The Hall–Kier alpha value is -0.430. The van der Waals surface area contributed by atoms with Crippen LogP contribution in [-0.4, -0.2) is 19.6 Å². The van der Waals surface area contributed by atoms with Crippen molar-refractivity contribution in [1.82, 2.24) is 0 Å². The van der Waals surface area contributed by atoms with E-state index in [0.29, 0.717) is 17.3 Å². The topological polar surface area (TPSA) is 80.4 Å². The molecule has 1 saturated carbocycles. The average molecular weight is 334 g/mol. The highest BCUT2D eigenvalue weighted by Gasteiger charge is 2.25. The van der Waals surface area contributed by atoms with E-state index >= 15 is 0 Å². The van der Waals surface area contributed by atoms with Crippen molar-refractivity contribution in [3.05, 3.63) is 28.2 Å². The highest BCUT2D eigenvalue weighted by molar-refractivity contribution is 9.10. The van der Waals surface area contributed by atoms with Gasteiger partial charge in [-0.25, -0.2) is 13.6 Å². The number of aliphatic hydroxyl groups excluding tert-OH is 1. The molecule has 6 heteroatoms. The van der Waals surface area contributed by atoms with E-state index in [0.717, 1.165) is 18.4 Å². The molecule has 0 aliphatic heterocycles. The van der Waals surface area contributed by atoms with Crippen LogP contribution in [0.1, 0.15) is 37.2 Å². The van der Waals surface area contributed by atoms with Crippen LogP contribution in [-0.2, 0) is 10.0 Å². The fourth-order valence-corrected chi connectivity index (χ4v) is 3.85. The second-order valence-corrected chi connectivity index (χ2v) is 7.18. The van der Waals surface area contributed by atoms with Crippen LogP contribution in [0.4, 0.5) is 0 Å². The molecule has 0 atom stereocenters. The number of sulfonamides is 1. The zero-order chi connectivity index (χ0) is 13.3. The Labute approximate surface area is 115 Å². The molecule has 1 aromatic carbocycles. The monoisotopic (exact) mass is 333 g/mol. The van der Waals surface area contributed by atoms with E-state index < -0.39 is 10.0 Å². The smallest absolute Gasteiger partial charge is 0.238 e. The van der Waals surface area contributed by atoms with Gasteiger partial charge in [0.25, 0.3) is 0 Å². The Kier molecular flexibility index (Phi) is 4.11. The normalized spacial score (nSPS) is 25.1.